The highest BCUT2D eigenvalue weighted by atomic mass is 16.5. The van der Waals surface area contributed by atoms with E-state index in [2.05, 4.69) is 0 Å². The van der Waals surface area contributed by atoms with Crippen LogP contribution in [0.2, 0.25) is 0 Å². The Morgan fingerprint density at radius 3 is 2.69 bits per heavy atom. The number of hydrogen-bond acceptors (Lipinski definition) is 3. The number of nitrogens with two attached hydrogens (primary N) is 1. The van der Waals surface area contributed by atoms with E-state index in [0.717, 1.165) is 25.7 Å². The van der Waals surface area contributed by atoms with Crippen LogP contribution in [0.25, 0.3) is 0 Å². The summed E-state index contributed by atoms with van der Waals surface area (Å²) in [6.45, 7) is 0. The van der Waals surface area contributed by atoms with Gasteiger partial charge in [0.2, 0.25) is 0 Å². The van der Waals surface area contributed by atoms with Crippen LogP contribution in [0.5, 0.6) is 5.75 Å². The predicted octanol–water partition coefficient (Wildman–Crippen LogP) is 2.34. The molecule has 2 unspecified atom stereocenters. The van der Waals surface area contributed by atoms with Crippen LogP contribution in [0, 0.1) is 0 Å². The summed E-state index contributed by atoms with van der Waals surface area (Å²) in [5.41, 5.74) is 6.45. The van der Waals surface area contributed by atoms with Gasteiger partial charge >= 0.3 is 0 Å². The fourth-order valence-electron chi connectivity index (χ4n) is 2.14. The number of benzene rings is 1. The van der Waals surface area contributed by atoms with Crippen molar-refractivity contribution < 1.29 is 9.84 Å². The van der Waals surface area contributed by atoms with Crippen LogP contribution in [0.1, 0.15) is 32.1 Å². The van der Waals surface area contributed by atoms with Gasteiger partial charge < -0.3 is 15.6 Å². The van der Waals surface area contributed by atoms with Crippen LogP contribution >= 0.6 is 0 Å². The Hall–Kier alpha value is -1.22. The van der Waals surface area contributed by atoms with Gasteiger partial charge in [-0.05, 0) is 31.4 Å². The van der Waals surface area contributed by atoms with Gasteiger partial charge in [-0.1, -0.05) is 25.0 Å². The van der Waals surface area contributed by atoms with Crippen molar-refractivity contribution in [3.05, 3.63) is 24.3 Å². The van der Waals surface area contributed by atoms with E-state index >= 15 is 0 Å². The maximum absolute atomic E-state index is 9.94. The largest absolute Gasteiger partial charge is 0.486 e. The third kappa shape index (κ3) is 2.67. The zero-order chi connectivity index (χ0) is 11.4. The van der Waals surface area contributed by atoms with Gasteiger partial charge in [0.05, 0.1) is 11.8 Å². The van der Waals surface area contributed by atoms with E-state index in [-0.39, 0.29) is 12.2 Å². The molecule has 16 heavy (non-hydrogen) atoms. The van der Waals surface area contributed by atoms with Crippen LogP contribution in [0.4, 0.5) is 5.69 Å². The minimum atomic E-state index is -0.359. The Labute approximate surface area is 96.2 Å². The first-order valence-electron chi connectivity index (χ1n) is 5.96. The Morgan fingerprint density at radius 1 is 1.12 bits per heavy atom. The minimum absolute atomic E-state index is 0.104. The standard InChI is InChI=1S/C13H19NO2/c14-10-6-4-5-8-12(10)16-13-9-3-1-2-7-11(13)15/h4-6,8,11,13,15H,1-3,7,9,14H2. The molecule has 3 N–H and O–H groups in total. The average molecular weight is 221 g/mol. The van der Waals surface area contributed by atoms with Crippen LogP contribution in [0.3, 0.4) is 0 Å². The molecule has 1 aromatic rings. The van der Waals surface area contributed by atoms with Crippen LogP contribution in [-0.4, -0.2) is 17.3 Å². The van der Waals surface area contributed by atoms with Gasteiger partial charge in [-0.25, -0.2) is 0 Å². The monoisotopic (exact) mass is 221 g/mol. The molecule has 1 aliphatic carbocycles. The number of aliphatic hydroxyl groups is 1. The second-order valence-electron chi connectivity index (χ2n) is 4.40. The van der Waals surface area contributed by atoms with Gasteiger partial charge in [-0.3, -0.25) is 0 Å². The normalized spacial score (nSPS) is 26.1. The molecule has 2 rings (SSSR count). The number of hydrogen-bond donors (Lipinski definition) is 2. The van der Waals surface area contributed by atoms with E-state index in [1.165, 1.54) is 6.42 Å². The van der Waals surface area contributed by atoms with E-state index in [4.69, 9.17) is 10.5 Å². The fourth-order valence-corrected chi connectivity index (χ4v) is 2.14. The molecule has 0 heterocycles. The molecule has 0 aliphatic heterocycles. The second kappa shape index (κ2) is 5.21. The molecule has 1 saturated carbocycles. The first kappa shape index (κ1) is 11.3. The quantitative estimate of drug-likeness (QED) is 0.595. The van der Waals surface area contributed by atoms with Crippen LogP contribution in [-0.2, 0) is 0 Å². The van der Waals surface area contributed by atoms with Crippen molar-refractivity contribution in [2.24, 2.45) is 0 Å². The van der Waals surface area contributed by atoms with Crippen molar-refractivity contribution in [2.45, 2.75) is 44.3 Å². The third-order valence-corrected chi connectivity index (χ3v) is 3.12. The molecule has 0 saturated heterocycles. The molecule has 3 heteroatoms. The zero-order valence-electron chi connectivity index (χ0n) is 9.43. The lowest BCUT2D eigenvalue weighted by Gasteiger charge is -2.22. The molecule has 0 aromatic heterocycles. The topological polar surface area (TPSA) is 55.5 Å². The lowest BCUT2D eigenvalue weighted by molar-refractivity contribution is 0.0324. The smallest absolute Gasteiger partial charge is 0.142 e. The Bertz CT molecular complexity index is 340. The molecule has 1 aliphatic rings. The summed E-state index contributed by atoms with van der Waals surface area (Å²) >= 11 is 0. The molecule has 0 bridgehead atoms. The number of aliphatic hydroxyl groups excluding tert-OH is 1. The van der Waals surface area contributed by atoms with E-state index in [1.54, 1.807) is 0 Å². The summed E-state index contributed by atoms with van der Waals surface area (Å²) in [6, 6.07) is 7.45. The van der Waals surface area contributed by atoms with E-state index in [0.29, 0.717) is 11.4 Å². The summed E-state index contributed by atoms with van der Waals surface area (Å²) in [5, 5.41) is 9.94. The maximum Gasteiger partial charge on any atom is 0.142 e. The molecule has 0 amide bonds. The minimum Gasteiger partial charge on any atom is -0.486 e. The zero-order valence-corrected chi connectivity index (χ0v) is 9.43. The van der Waals surface area contributed by atoms with Gasteiger partial charge in [-0.15, -0.1) is 0 Å². The molecule has 3 nitrogen and oxygen atoms in total. The highest BCUT2D eigenvalue weighted by Crippen LogP contribution is 2.26. The highest BCUT2D eigenvalue weighted by molar-refractivity contribution is 5.51. The molecule has 2 atom stereocenters. The van der Waals surface area contributed by atoms with Crippen molar-refractivity contribution in [1.29, 1.82) is 0 Å². The molecule has 0 spiro atoms. The van der Waals surface area contributed by atoms with E-state index < -0.39 is 0 Å². The van der Waals surface area contributed by atoms with Gasteiger partial charge in [-0.2, -0.15) is 0 Å². The van der Waals surface area contributed by atoms with Crippen LogP contribution < -0.4 is 10.5 Å². The van der Waals surface area contributed by atoms with Crippen LogP contribution in [0.15, 0.2) is 24.3 Å². The number of rotatable bonds is 2. The molecule has 88 valence electrons. The van der Waals surface area contributed by atoms with E-state index in [1.807, 2.05) is 24.3 Å². The first-order chi connectivity index (χ1) is 7.77. The fraction of sp³-hybridized carbons (Fsp3) is 0.538. The lowest BCUT2D eigenvalue weighted by Crippen LogP contribution is -2.30. The van der Waals surface area contributed by atoms with Crippen molar-refractivity contribution in [3.63, 3.8) is 0 Å². The number of ether oxygens (including phenoxy) is 1. The second-order valence-corrected chi connectivity index (χ2v) is 4.40. The van der Waals surface area contributed by atoms with Crippen molar-refractivity contribution in [2.75, 3.05) is 5.73 Å². The van der Waals surface area contributed by atoms with Crippen molar-refractivity contribution in [1.82, 2.24) is 0 Å². The van der Waals surface area contributed by atoms with Gasteiger partial charge in [0.1, 0.15) is 11.9 Å². The number of anilines is 1. The Morgan fingerprint density at radius 2 is 1.88 bits per heavy atom. The summed E-state index contributed by atoms with van der Waals surface area (Å²) in [6.07, 6.45) is 4.67. The molecule has 1 fully saturated rings. The third-order valence-electron chi connectivity index (χ3n) is 3.12. The SMILES string of the molecule is Nc1ccccc1OC1CCCCCC1O. The molecule has 1 aromatic carbocycles. The van der Waals surface area contributed by atoms with Gasteiger partial charge in [0.15, 0.2) is 0 Å². The first-order valence-corrected chi connectivity index (χ1v) is 5.96. The number of para-hydroxylation sites is 2. The van der Waals surface area contributed by atoms with Gasteiger partial charge in [0.25, 0.3) is 0 Å². The highest BCUT2D eigenvalue weighted by Gasteiger charge is 2.23. The van der Waals surface area contributed by atoms with Gasteiger partial charge in [0, 0.05) is 0 Å². The molecular formula is C13H19NO2. The predicted molar refractivity (Wildman–Crippen MR) is 64.4 cm³/mol. The summed E-state index contributed by atoms with van der Waals surface area (Å²) < 4.78 is 5.80. The summed E-state index contributed by atoms with van der Waals surface area (Å²) in [4.78, 5) is 0. The molecular weight excluding hydrogens is 202 g/mol. The van der Waals surface area contributed by atoms with Crippen molar-refractivity contribution in [3.8, 4) is 5.75 Å². The van der Waals surface area contributed by atoms with Crippen molar-refractivity contribution >= 4 is 5.69 Å². The Kier molecular flexibility index (Phi) is 3.67. The molecule has 0 radical (unpaired) electrons. The Balaban J connectivity index is 2.05. The average Bonchev–Trinajstić information content (AvgIpc) is 2.48. The summed E-state index contributed by atoms with van der Waals surface area (Å²) in [5.74, 6) is 0.688. The summed E-state index contributed by atoms with van der Waals surface area (Å²) in [7, 11) is 0. The van der Waals surface area contributed by atoms with E-state index in [9.17, 15) is 5.11 Å². The lowest BCUT2D eigenvalue weighted by atomic mass is 10.1. The maximum atomic E-state index is 9.94. The number of nitrogen functional groups attached to an aromatic ring is 1.